The van der Waals surface area contributed by atoms with Gasteiger partial charge in [0.2, 0.25) is 5.05 Å². The highest BCUT2D eigenvalue weighted by atomic mass is 32.1. The zero-order chi connectivity index (χ0) is 19.1. The van der Waals surface area contributed by atoms with E-state index in [4.69, 9.17) is 12.2 Å². The summed E-state index contributed by atoms with van der Waals surface area (Å²) in [5.74, 6) is -0.220. The summed E-state index contributed by atoms with van der Waals surface area (Å²) in [5.41, 5.74) is 2.18. The lowest BCUT2D eigenvalue weighted by atomic mass is 10.0. The monoisotopic (exact) mass is 377 g/mol. The van der Waals surface area contributed by atoms with Crippen LogP contribution in [0.2, 0.25) is 0 Å². The highest BCUT2D eigenvalue weighted by molar-refractivity contribution is 7.80. The van der Waals surface area contributed by atoms with Gasteiger partial charge in [0.1, 0.15) is 6.04 Å². The molecule has 27 heavy (non-hydrogen) atoms. The zero-order valence-corrected chi connectivity index (χ0v) is 15.4. The van der Waals surface area contributed by atoms with Crippen LogP contribution in [0, 0.1) is 0 Å². The summed E-state index contributed by atoms with van der Waals surface area (Å²) in [6.07, 6.45) is 0.410. The van der Waals surface area contributed by atoms with Crippen LogP contribution in [0.3, 0.4) is 0 Å². The summed E-state index contributed by atoms with van der Waals surface area (Å²) in [6.45, 7) is 0. The molecule has 1 amide bonds. The van der Waals surface area contributed by atoms with Gasteiger partial charge in [0, 0.05) is 17.7 Å². The number of benzene rings is 3. The molecule has 1 atom stereocenters. The molecule has 0 spiro atoms. The van der Waals surface area contributed by atoms with E-state index in [9.17, 15) is 10.1 Å². The van der Waals surface area contributed by atoms with Crippen LogP contribution in [0.25, 0.3) is 0 Å². The Morgan fingerprint density at radius 2 is 1.41 bits per heavy atom. The molecule has 0 fully saturated rings. The van der Waals surface area contributed by atoms with E-state index in [0.29, 0.717) is 17.7 Å². The number of para-hydroxylation sites is 1. The maximum atomic E-state index is 13.3. The second kappa shape index (κ2) is 9.07. The van der Waals surface area contributed by atoms with Crippen molar-refractivity contribution in [1.29, 1.82) is 0 Å². The van der Waals surface area contributed by atoms with Crippen molar-refractivity contribution in [1.82, 2.24) is 0 Å². The first kappa shape index (κ1) is 18.8. The van der Waals surface area contributed by atoms with Gasteiger partial charge in [-0.25, -0.2) is 5.26 Å². The molecule has 0 unspecified atom stereocenters. The Morgan fingerprint density at radius 1 is 0.889 bits per heavy atom. The van der Waals surface area contributed by atoms with Crippen LogP contribution in [0.5, 0.6) is 0 Å². The SMILES string of the molecule is O=C(c1ccccc1)N(c1ccccc1)[C@@H](Cc1ccccc1)C(=S)OO. The quantitative estimate of drug-likeness (QED) is 0.382. The molecule has 0 saturated carbocycles. The summed E-state index contributed by atoms with van der Waals surface area (Å²) in [5, 5.41) is 9.19. The maximum Gasteiger partial charge on any atom is 0.258 e. The van der Waals surface area contributed by atoms with Gasteiger partial charge in [-0.2, -0.15) is 0 Å². The molecule has 0 aromatic heterocycles. The van der Waals surface area contributed by atoms with Crippen molar-refractivity contribution in [2.24, 2.45) is 0 Å². The van der Waals surface area contributed by atoms with Crippen LogP contribution in [0.15, 0.2) is 91.0 Å². The van der Waals surface area contributed by atoms with Gasteiger partial charge >= 0.3 is 0 Å². The summed E-state index contributed by atoms with van der Waals surface area (Å²) >= 11 is 5.26. The van der Waals surface area contributed by atoms with Crippen molar-refractivity contribution < 1.29 is 14.9 Å². The number of carbonyl (C=O) groups excluding carboxylic acids is 1. The van der Waals surface area contributed by atoms with Crippen molar-refractivity contribution in [2.45, 2.75) is 12.5 Å². The summed E-state index contributed by atoms with van der Waals surface area (Å²) in [6, 6.07) is 27.2. The third-order valence-corrected chi connectivity index (χ3v) is 4.57. The zero-order valence-electron chi connectivity index (χ0n) is 14.6. The van der Waals surface area contributed by atoms with Crippen LogP contribution in [-0.2, 0) is 11.3 Å². The first-order chi connectivity index (χ1) is 13.2. The summed E-state index contributed by atoms with van der Waals surface area (Å²) < 4.78 is 0. The minimum atomic E-state index is -0.650. The minimum Gasteiger partial charge on any atom is -0.331 e. The lowest BCUT2D eigenvalue weighted by molar-refractivity contribution is -0.154. The fourth-order valence-corrected chi connectivity index (χ4v) is 3.11. The largest absolute Gasteiger partial charge is 0.331 e. The van der Waals surface area contributed by atoms with Crippen molar-refractivity contribution in [3.05, 3.63) is 102 Å². The average molecular weight is 377 g/mol. The third-order valence-electron chi connectivity index (χ3n) is 4.22. The number of thiocarbonyl (C=S) groups is 1. The van der Waals surface area contributed by atoms with Gasteiger partial charge in [0.25, 0.3) is 5.91 Å². The van der Waals surface area contributed by atoms with Gasteiger partial charge in [-0.15, -0.1) is 0 Å². The molecule has 3 aromatic carbocycles. The topological polar surface area (TPSA) is 49.8 Å². The van der Waals surface area contributed by atoms with E-state index in [-0.39, 0.29) is 11.0 Å². The van der Waals surface area contributed by atoms with E-state index >= 15 is 0 Å². The van der Waals surface area contributed by atoms with Crippen LogP contribution < -0.4 is 4.90 Å². The van der Waals surface area contributed by atoms with Gasteiger partial charge in [-0.05, 0) is 42.0 Å². The number of rotatable bonds is 6. The summed E-state index contributed by atoms with van der Waals surface area (Å²) in [7, 11) is 0. The second-order valence-electron chi connectivity index (χ2n) is 5.99. The van der Waals surface area contributed by atoms with Gasteiger partial charge in [-0.1, -0.05) is 66.7 Å². The van der Waals surface area contributed by atoms with Crippen LogP contribution in [0.1, 0.15) is 15.9 Å². The molecule has 3 rings (SSSR count). The maximum absolute atomic E-state index is 13.3. The first-order valence-corrected chi connectivity index (χ1v) is 8.94. The fourth-order valence-electron chi connectivity index (χ4n) is 2.93. The molecular weight excluding hydrogens is 358 g/mol. The number of hydrogen-bond acceptors (Lipinski definition) is 4. The molecule has 0 heterocycles. The van der Waals surface area contributed by atoms with Crippen molar-refractivity contribution in [3.8, 4) is 0 Å². The molecule has 5 heteroatoms. The Kier molecular flexibility index (Phi) is 6.30. The van der Waals surface area contributed by atoms with Gasteiger partial charge in [0.15, 0.2) is 0 Å². The molecule has 1 N–H and O–H groups in total. The predicted molar refractivity (Wildman–Crippen MR) is 110 cm³/mol. The van der Waals surface area contributed by atoms with E-state index in [1.807, 2.05) is 78.9 Å². The average Bonchev–Trinajstić information content (AvgIpc) is 2.74. The van der Waals surface area contributed by atoms with Crippen LogP contribution in [-0.4, -0.2) is 22.3 Å². The Hall–Kier alpha value is -3.02. The molecule has 0 aliphatic rings. The Labute approximate surface area is 163 Å². The predicted octanol–water partition coefficient (Wildman–Crippen LogP) is 4.76. The normalized spacial score (nSPS) is 11.4. The number of carbonyl (C=O) groups is 1. The molecule has 0 radical (unpaired) electrons. The highest BCUT2D eigenvalue weighted by Gasteiger charge is 2.31. The van der Waals surface area contributed by atoms with Crippen LogP contribution >= 0.6 is 12.2 Å². The molecule has 0 bridgehead atoms. The fraction of sp³-hybridized carbons (Fsp3) is 0.0909. The number of nitrogens with zero attached hydrogens (tertiary/aromatic N) is 1. The molecular formula is C22H19NO3S. The van der Waals surface area contributed by atoms with Crippen molar-refractivity contribution >= 4 is 28.9 Å². The van der Waals surface area contributed by atoms with E-state index in [2.05, 4.69) is 4.89 Å². The summed E-state index contributed by atoms with van der Waals surface area (Å²) in [4.78, 5) is 19.3. The highest BCUT2D eigenvalue weighted by Crippen LogP contribution is 2.23. The molecule has 4 nitrogen and oxygen atoms in total. The Bertz CT molecular complexity index is 885. The number of anilines is 1. The second-order valence-corrected chi connectivity index (χ2v) is 6.39. The molecule has 0 aliphatic heterocycles. The Balaban J connectivity index is 2.05. The van der Waals surface area contributed by atoms with Gasteiger partial charge < -0.3 is 4.89 Å². The van der Waals surface area contributed by atoms with Crippen molar-refractivity contribution in [3.63, 3.8) is 0 Å². The lowest BCUT2D eigenvalue weighted by Crippen LogP contribution is -2.46. The number of amides is 1. The molecule has 136 valence electrons. The van der Waals surface area contributed by atoms with Gasteiger partial charge in [0.05, 0.1) is 0 Å². The van der Waals surface area contributed by atoms with E-state index in [1.54, 1.807) is 17.0 Å². The Morgan fingerprint density at radius 3 is 1.96 bits per heavy atom. The molecule has 0 aliphatic carbocycles. The van der Waals surface area contributed by atoms with Crippen molar-refractivity contribution in [2.75, 3.05) is 4.90 Å². The standard InChI is InChI=1S/C22H19NO3S/c24-21(18-12-6-2-7-13-18)23(19-14-8-3-9-15-19)20(22(27)26-25)16-17-10-4-1-5-11-17/h1-15,20,25H,16H2/t20-/m0/s1. The smallest absolute Gasteiger partial charge is 0.258 e. The minimum absolute atomic E-state index is 0.0630. The van der Waals surface area contributed by atoms with Crippen LogP contribution in [0.4, 0.5) is 5.69 Å². The van der Waals surface area contributed by atoms with E-state index < -0.39 is 6.04 Å². The molecule has 0 saturated heterocycles. The number of hydrogen-bond donors (Lipinski definition) is 1. The van der Waals surface area contributed by atoms with Gasteiger partial charge in [-0.3, -0.25) is 9.69 Å². The lowest BCUT2D eigenvalue weighted by Gasteiger charge is -2.31. The van der Waals surface area contributed by atoms with E-state index in [0.717, 1.165) is 5.56 Å². The molecule has 3 aromatic rings. The third kappa shape index (κ3) is 4.58. The first-order valence-electron chi connectivity index (χ1n) is 8.53. The van der Waals surface area contributed by atoms with E-state index in [1.165, 1.54) is 0 Å².